The van der Waals surface area contributed by atoms with E-state index < -0.39 is 120 Å². The Morgan fingerprint density at radius 1 is 0.609 bits per heavy atom. The third-order valence-corrected chi connectivity index (χ3v) is 9.30. The van der Waals surface area contributed by atoms with Crippen LogP contribution in [0.4, 0.5) is 4.79 Å². The number of carbonyl (C=O) groups excluding carboxylic acids is 9. The number of nitrogens with one attached hydrogen (secondary N) is 7. The van der Waals surface area contributed by atoms with E-state index in [1.807, 2.05) is 0 Å². The average molecular weight is 897 g/mol. The normalized spacial score (nSPS) is 14.0. The Labute approximate surface area is 373 Å². The van der Waals surface area contributed by atoms with Crippen LogP contribution in [0.25, 0.3) is 0 Å². The molecule has 0 fully saturated rings. The van der Waals surface area contributed by atoms with Gasteiger partial charge in [-0.05, 0) is 69.7 Å². The highest BCUT2D eigenvalue weighted by atomic mass is 16.6. The summed E-state index contributed by atoms with van der Waals surface area (Å²) >= 11 is 0. The van der Waals surface area contributed by atoms with Crippen molar-refractivity contribution in [2.45, 2.75) is 123 Å². The number of alkyl carbamates (subject to hydrolysis) is 1. The number of esters is 1. The molecule has 10 N–H and O–H groups in total. The number of ether oxygens (including phenoxy) is 2. The molecule has 20 heteroatoms. The number of carbonyl (C=O) groups is 9. The molecule has 8 amide bonds. The zero-order valence-electron chi connectivity index (χ0n) is 37.9. The molecule has 0 aromatic heterocycles. The number of phenols is 1. The van der Waals surface area contributed by atoms with Gasteiger partial charge in [0.2, 0.25) is 41.4 Å². The molecule has 0 saturated carbocycles. The summed E-state index contributed by atoms with van der Waals surface area (Å²) in [6, 6.07) is 6.47. The summed E-state index contributed by atoms with van der Waals surface area (Å²) in [7, 11) is 0. The fourth-order valence-corrected chi connectivity index (χ4v) is 5.99. The molecule has 2 aromatic carbocycles. The number of primary amides is 1. The van der Waals surface area contributed by atoms with Crippen molar-refractivity contribution >= 4 is 53.4 Å². The fourth-order valence-electron chi connectivity index (χ4n) is 5.99. The minimum atomic E-state index is -1.64. The summed E-state index contributed by atoms with van der Waals surface area (Å²) in [5, 5.41) is 27.4. The van der Waals surface area contributed by atoms with Crippen molar-refractivity contribution in [1.29, 1.82) is 0 Å². The van der Waals surface area contributed by atoms with Crippen LogP contribution in [0.3, 0.4) is 0 Å². The van der Waals surface area contributed by atoms with Gasteiger partial charge in [-0.1, -0.05) is 70.2 Å². The lowest BCUT2D eigenvalue weighted by Crippen LogP contribution is -2.61. The highest BCUT2D eigenvalue weighted by Crippen LogP contribution is 2.14. The smallest absolute Gasteiger partial charge is 0.408 e. The summed E-state index contributed by atoms with van der Waals surface area (Å²) in [6.07, 6.45) is -1.76. The number of nitrogens with two attached hydrogens (primary N) is 1. The van der Waals surface area contributed by atoms with Crippen LogP contribution in [0.5, 0.6) is 5.75 Å². The number of hydrogen-bond acceptors (Lipinski definition) is 12. The lowest BCUT2D eigenvalue weighted by atomic mass is 9.99. The molecule has 0 aliphatic carbocycles. The summed E-state index contributed by atoms with van der Waals surface area (Å²) in [4.78, 5) is 118. The molecule has 0 saturated heterocycles. The Morgan fingerprint density at radius 3 is 1.62 bits per heavy atom. The van der Waals surface area contributed by atoms with Crippen molar-refractivity contribution in [3.05, 3.63) is 65.7 Å². The van der Waals surface area contributed by atoms with Crippen LogP contribution in [0, 0.1) is 11.8 Å². The Morgan fingerprint density at radius 2 is 1.09 bits per heavy atom. The lowest BCUT2D eigenvalue weighted by Gasteiger charge is -2.29. The Hall–Kier alpha value is -6.73. The van der Waals surface area contributed by atoms with Crippen LogP contribution in [-0.4, -0.2) is 114 Å². The predicted octanol–water partition coefficient (Wildman–Crippen LogP) is 0.381. The van der Waals surface area contributed by atoms with Gasteiger partial charge in [-0.3, -0.25) is 38.4 Å². The summed E-state index contributed by atoms with van der Waals surface area (Å²) in [6.45, 7) is 14.1. The van der Waals surface area contributed by atoms with E-state index in [9.17, 15) is 48.3 Å². The highest BCUT2D eigenvalue weighted by Gasteiger charge is 2.35. The van der Waals surface area contributed by atoms with Crippen LogP contribution < -0.4 is 43.0 Å². The van der Waals surface area contributed by atoms with Crippen LogP contribution >= 0.6 is 0 Å². The van der Waals surface area contributed by atoms with Gasteiger partial charge in [0.05, 0.1) is 13.0 Å². The van der Waals surface area contributed by atoms with E-state index in [-0.39, 0.29) is 25.2 Å². The second-order valence-corrected chi connectivity index (χ2v) is 16.8. The van der Waals surface area contributed by atoms with Crippen molar-refractivity contribution < 1.29 is 57.7 Å². The number of benzene rings is 2. The van der Waals surface area contributed by atoms with Crippen LogP contribution in [-0.2, 0) is 60.7 Å². The molecular formula is C44H64N8O12. The van der Waals surface area contributed by atoms with Crippen LogP contribution in [0.15, 0.2) is 54.6 Å². The molecule has 0 aliphatic rings. The minimum Gasteiger partial charge on any atom is -0.508 e. The summed E-state index contributed by atoms with van der Waals surface area (Å²) in [5.41, 5.74) is 5.75. The first kappa shape index (κ1) is 53.4. The topological polar surface area (TPSA) is 303 Å². The number of amides is 8. The first-order chi connectivity index (χ1) is 29.9. The number of aromatic hydroxyl groups is 1. The Balaban J connectivity index is 2.32. The SMILES string of the molecule is CCOC(=O)CNC(=O)[C@@H](NC(=O)[C@@H](NC(=O)[C@H](CC(N)=O)NC(=O)[C@H](Cc1ccccc1)NC(=O)[C@@H](C)NC(=O)[C@H](Cc1ccc(O)cc1)NC(=O)OC(C)(C)C)C(C)C)C(C)C. The second kappa shape index (κ2) is 25.4. The maximum Gasteiger partial charge on any atom is 0.408 e. The van der Waals surface area contributed by atoms with E-state index in [1.165, 1.54) is 19.1 Å². The van der Waals surface area contributed by atoms with Gasteiger partial charge in [-0.15, -0.1) is 0 Å². The average Bonchev–Trinajstić information content (AvgIpc) is 3.20. The quantitative estimate of drug-likeness (QED) is 0.0685. The molecule has 0 heterocycles. The van der Waals surface area contributed by atoms with Crippen molar-refractivity contribution in [3.8, 4) is 5.75 Å². The Kier molecular flexibility index (Phi) is 21.2. The van der Waals surface area contributed by atoms with Gasteiger partial charge in [0, 0.05) is 12.8 Å². The van der Waals surface area contributed by atoms with Crippen molar-refractivity contribution in [2.75, 3.05) is 13.2 Å². The van der Waals surface area contributed by atoms with Crippen molar-refractivity contribution in [2.24, 2.45) is 17.6 Å². The summed E-state index contributed by atoms with van der Waals surface area (Å²) < 4.78 is 10.2. The molecule has 0 spiro atoms. The van der Waals surface area contributed by atoms with Gasteiger partial charge < -0.3 is 57.5 Å². The van der Waals surface area contributed by atoms with E-state index >= 15 is 0 Å². The third-order valence-electron chi connectivity index (χ3n) is 9.30. The largest absolute Gasteiger partial charge is 0.508 e. The molecule has 6 atom stereocenters. The van der Waals surface area contributed by atoms with E-state index in [4.69, 9.17) is 15.2 Å². The Bertz CT molecular complexity index is 1940. The minimum absolute atomic E-state index is 0.0125. The zero-order valence-corrected chi connectivity index (χ0v) is 37.9. The number of hydrogen-bond donors (Lipinski definition) is 9. The van der Waals surface area contributed by atoms with Crippen LogP contribution in [0.2, 0.25) is 0 Å². The third kappa shape index (κ3) is 19.1. The van der Waals surface area contributed by atoms with Gasteiger partial charge in [0.1, 0.15) is 54.1 Å². The van der Waals surface area contributed by atoms with Gasteiger partial charge in [-0.25, -0.2) is 4.79 Å². The van der Waals surface area contributed by atoms with Crippen molar-refractivity contribution in [3.63, 3.8) is 0 Å². The molecule has 0 bridgehead atoms. The molecule has 64 heavy (non-hydrogen) atoms. The number of phenolic OH excluding ortho intramolecular Hbond substituents is 1. The van der Waals surface area contributed by atoms with Crippen molar-refractivity contribution in [1.82, 2.24) is 37.2 Å². The second-order valence-electron chi connectivity index (χ2n) is 16.8. The van der Waals surface area contributed by atoms with E-state index in [2.05, 4.69) is 37.2 Å². The number of rotatable bonds is 23. The standard InChI is InChI=1S/C44H64N8O12/c1-10-63-34(55)23-46-41(60)35(24(2)3)52-42(61)36(25(4)5)51-40(59)32(22-33(45)54)49-39(58)30(20-27-14-12-11-13-15-27)48-37(56)26(6)47-38(57)31(50-43(62)64-44(7,8)9)21-28-16-18-29(53)19-17-28/h11-19,24-26,30-32,35-36,53H,10,20-23H2,1-9H3,(H2,45,54)(H,46,60)(H,47,57)(H,48,56)(H,49,58)(H,50,62)(H,51,59)(H,52,61)/t26-,30+,31+,32+,35+,36+/m1/s1. The fraction of sp³-hybridized carbons (Fsp3) is 0.523. The lowest BCUT2D eigenvalue weighted by molar-refractivity contribution is -0.144. The predicted molar refractivity (Wildman–Crippen MR) is 234 cm³/mol. The molecule has 2 aromatic rings. The maximum absolute atomic E-state index is 14.0. The van der Waals surface area contributed by atoms with Crippen LogP contribution in [0.1, 0.15) is 79.9 Å². The molecule has 0 aliphatic heterocycles. The van der Waals surface area contributed by atoms with E-state index in [1.54, 1.807) is 97.9 Å². The van der Waals surface area contributed by atoms with E-state index in [0.717, 1.165) is 0 Å². The molecule has 352 valence electrons. The van der Waals surface area contributed by atoms with Gasteiger partial charge in [-0.2, -0.15) is 0 Å². The first-order valence-electron chi connectivity index (χ1n) is 20.9. The van der Waals surface area contributed by atoms with E-state index in [0.29, 0.717) is 11.1 Å². The van der Waals surface area contributed by atoms with Gasteiger partial charge >= 0.3 is 12.1 Å². The molecular weight excluding hydrogens is 833 g/mol. The monoisotopic (exact) mass is 896 g/mol. The maximum atomic E-state index is 14.0. The summed E-state index contributed by atoms with van der Waals surface area (Å²) in [5.74, 6) is -7.64. The van der Waals surface area contributed by atoms with Gasteiger partial charge in [0.15, 0.2) is 0 Å². The highest BCUT2D eigenvalue weighted by molar-refractivity contribution is 5.98. The molecule has 0 unspecified atom stereocenters. The molecule has 20 nitrogen and oxygen atoms in total. The van der Waals surface area contributed by atoms with Gasteiger partial charge in [0.25, 0.3) is 0 Å². The molecule has 2 rings (SSSR count). The first-order valence-corrected chi connectivity index (χ1v) is 20.9. The molecule has 0 radical (unpaired) electrons. The zero-order chi connectivity index (χ0) is 48.3.